The highest BCUT2D eigenvalue weighted by molar-refractivity contribution is 7.89. The first-order valence-corrected chi connectivity index (χ1v) is 10.9. The number of sulfonamides is 1. The van der Waals surface area contributed by atoms with E-state index < -0.39 is 10.0 Å². The fraction of sp³-hybridized carbons (Fsp3) is 0.526. The summed E-state index contributed by atoms with van der Waals surface area (Å²) >= 11 is 0. The van der Waals surface area contributed by atoms with E-state index in [1.54, 1.807) is 45.6 Å². The van der Waals surface area contributed by atoms with E-state index in [9.17, 15) is 8.42 Å². The second-order valence-corrected chi connectivity index (χ2v) is 9.37. The van der Waals surface area contributed by atoms with Crippen molar-refractivity contribution in [3.63, 3.8) is 0 Å². The molecule has 0 radical (unpaired) electrons. The van der Waals surface area contributed by atoms with Gasteiger partial charge in [0, 0.05) is 38.6 Å². The Balaban J connectivity index is 1.59. The number of likely N-dealkylation sites (N-methyl/N-ethyl adjacent to an activating group) is 1. The highest BCUT2D eigenvalue weighted by atomic mass is 32.2. The van der Waals surface area contributed by atoms with Crippen LogP contribution in [0.15, 0.2) is 41.6 Å². The Morgan fingerprint density at radius 2 is 2.00 bits per heavy atom. The van der Waals surface area contributed by atoms with Gasteiger partial charge < -0.3 is 14.4 Å². The molecule has 28 heavy (non-hydrogen) atoms. The number of nitrogens with zero attached hydrogens (tertiary/aromatic N) is 4. The highest BCUT2D eigenvalue weighted by Gasteiger charge is 2.42. The third-order valence-corrected chi connectivity index (χ3v) is 7.53. The lowest BCUT2D eigenvalue weighted by Gasteiger charge is -2.46. The van der Waals surface area contributed by atoms with Crippen molar-refractivity contribution in [1.82, 2.24) is 19.0 Å². The quantitative estimate of drug-likeness (QED) is 0.763. The number of aromatic nitrogens is 2. The summed E-state index contributed by atoms with van der Waals surface area (Å²) in [5.74, 6) is 0.338. The molecule has 4 rings (SSSR count). The Morgan fingerprint density at radius 3 is 2.64 bits per heavy atom. The molecule has 0 saturated carbocycles. The first kappa shape index (κ1) is 19.4. The van der Waals surface area contributed by atoms with E-state index in [1.807, 2.05) is 0 Å². The third kappa shape index (κ3) is 3.55. The average Bonchev–Trinajstić information content (AvgIpc) is 3.22. The fourth-order valence-electron chi connectivity index (χ4n) is 4.04. The fourth-order valence-corrected chi connectivity index (χ4v) is 5.66. The van der Waals surface area contributed by atoms with Crippen LogP contribution in [0.1, 0.15) is 12.8 Å². The summed E-state index contributed by atoms with van der Waals surface area (Å²) in [6.07, 6.45) is 4.82. The Kier molecular flexibility index (Phi) is 5.17. The van der Waals surface area contributed by atoms with Gasteiger partial charge >= 0.3 is 0 Å². The second-order valence-electron chi connectivity index (χ2n) is 7.46. The van der Waals surface area contributed by atoms with E-state index in [-0.39, 0.29) is 10.5 Å². The van der Waals surface area contributed by atoms with E-state index in [0.29, 0.717) is 44.0 Å². The maximum Gasteiger partial charge on any atom is 0.246 e. The first-order valence-electron chi connectivity index (χ1n) is 9.44. The van der Waals surface area contributed by atoms with E-state index in [1.165, 1.54) is 7.11 Å². The van der Waals surface area contributed by atoms with Gasteiger partial charge in [-0.3, -0.25) is 0 Å². The molecular formula is C19H26N4O4S. The normalized spacial score (nSPS) is 21.1. The number of rotatable bonds is 4. The number of piperidine rings is 1. The van der Waals surface area contributed by atoms with Crippen LogP contribution in [0.5, 0.6) is 5.75 Å². The van der Waals surface area contributed by atoms with Gasteiger partial charge in [0.05, 0.1) is 25.0 Å². The van der Waals surface area contributed by atoms with Crippen LogP contribution < -0.4 is 4.74 Å². The smallest absolute Gasteiger partial charge is 0.246 e. The van der Waals surface area contributed by atoms with Gasteiger partial charge in [0.1, 0.15) is 10.6 Å². The lowest BCUT2D eigenvalue weighted by Crippen LogP contribution is -2.56. The monoisotopic (exact) mass is 406 g/mol. The van der Waals surface area contributed by atoms with E-state index in [0.717, 1.165) is 13.1 Å². The third-order valence-electron chi connectivity index (χ3n) is 5.61. The molecule has 2 saturated heterocycles. The minimum Gasteiger partial charge on any atom is -0.495 e. The molecule has 0 bridgehead atoms. The van der Waals surface area contributed by atoms with E-state index in [2.05, 4.69) is 17.0 Å². The summed E-state index contributed by atoms with van der Waals surface area (Å²) in [7, 11) is -0.122. The number of benzene rings is 1. The van der Waals surface area contributed by atoms with Crippen molar-refractivity contribution in [1.29, 1.82) is 0 Å². The molecule has 0 N–H and O–H groups in total. The zero-order valence-corrected chi connectivity index (χ0v) is 17.1. The van der Waals surface area contributed by atoms with E-state index >= 15 is 0 Å². The van der Waals surface area contributed by atoms with Crippen LogP contribution >= 0.6 is 0 Å². The van der Waals surface area contributed by atoms with Gasteiger partial charge in [-0.1, -0.05) is 0 Å². The Labute approximate surface area is 165 Å². The molecule has 1 aromatic carbocycles. The van der Waals surface area contributed by atoms with Crippen molar-refractivity contribution in [2.24, 2.45) is 0 Å². The van der Waals surface area contributed by atoms with Crippen LogP contribution in [0.25, 0.3) is 5.69 Å². The summed E-state index contributed by atoms with van der Waals surface area (Å²) in [4.78, 5) is 2.42. The minimum atomic E-state index is -3.69. The zero-order valence-electron chi connectivity index (χ0n) is 16.2. The molecule has 0 atom stereocenters. The van der Waals surface area contributed by atoms with Gasteiger partial charge in [0.15, 0.2) is 0 Å². The second kappa shape index (κ2) is 7.47. The molecule has 9 heteroatoms. The van der Waals surface area contributed by atoms with Gasteiger partial charge in [0.25, 0.3) is 0 Å². The molecular weight excluding hydrogens is 380 g/mol. The molecule has 2 fully saturated rings. The van der Waals surface area contributed by atoms with Crippen LogP contribution in [0.4, 0.5) is 0 Å². The zero-order chi connectivity index (χ0) is 19.8. The molecule has 3 heterocycles. The van der Waals surface area contributed by atoms with Gasteiger partial charge in [-0.05, 0) is 44.2 Å². The molecule has 2 aliphatic heterocycles. The molecule has 2 aliphatic rings. The Morgan fingerprint density at radius 1 is 1.21 bits per heavy atom. The van der Waals surface area contributed by atoms with Crippen LogP contribution in [-0.2, 0) is 14.8 Å². The standard InChI is InChI=1S/C19H26N4O4S/c1-21-12-13-27-19(15-21)6-10-22(11-7-19)28(24,25)18-14-16(4-5-17(18)26-2)23-9-3-8-20-23/h3-5,8-9,14H,6-7,10-13,15H2,1-2H3. The number of morpholine rings is 1. The Bertz CT molecular complexity index is 921. The van der Waals surface area contributed by atoms with Crippen molar-refractivity contribution in [3.8, 4) is 11.4 Å². The van der Waals surface area contributed by atoms with Crippen molar-refractivity contribution in [2.45, 2.75) is 23.3 Å². The summed E-state index contributed by atoms with van der Waals surface area (Å²) < 4.78 is 41.4. The lowest BCUT2D eigenvalue weighted by atomic mass is 9.90. The molecule has 2 aromatic rings. The maximum atomic E-state index is 13.4. The molecule has 1 spiro atoms. The predicted octanol–water partition coefficient (Wildman–Crippen LogP) is 1.37. The maximum absolute atomic E-state index is 13.4. The molecule has 0 amide bonds. The minimum absolute atomic E-state index is 0.167. The Hall–Kier alpha value is -1.94. The van der Waals surface area contributed by atoms with Crippen molar-refractivity contribution >= 4 is 10.0 Å². The van der Waals surface area contributed by atoms with Gasteiger partial charge in [-0.15, -0.1) is 0 Å². The summed E-state index contributed by atoms with van der Waals surface area (Å²) in [5.41, 5.74) is 0.440. The van der Waals surface area contributed by atoms with Crippen molar-refractivity contribution < 1.29 is 17.9 Å². The topological polar surface area (TPSA) is 76.9 Å². The number of methoxy groups -OCH3 is 1. The highest BCUT2D eigenvalue weighted by Crippen LogP contribution is 2.35. The number of hydrogen-bond donors (Lipinski definition) is 0. The van der Waals surface area contributed by atoms with Crippen molar-refractivity contribution in [2.75, 3.05) is 46.9 Å². The van der Waals surface area contributed by atoms with Gasteiger partial charge in [-0.25, -0.2) is 13.1 Å². The summed E-state index contributed by atoms with van der Waals surface area (Å²) in [6.45, 7) is 3.33. The molecule has 0 aliphatic carbocycles. The van der Waals surface area contributed by atoms with Gasteiger partial charge in [0.2, 0.25) is 10.0 Å². The predicted molar refractivity (Wildman–Crippen MR) is 104 cm³/mol. The summed E-state index contributed by atoms with van der Waals surface area (Å²) in [6, 6.07) is 6.89. The number of ether oxygens (including phenoxy) is 2. The summed E-state index contributed by atoms with van der Waals surface area (Å²) in [5, 5.41) is 4.19. The number of hydrogen-bond acceptors (Lipinski definition) is 6. The SMILES string of the molecule is COc1ccc(-n2cccn2)cc1S(=O)(=O)N1CCC2(CC1)CN(C)CCO2. The molecule has 8 nitrogen and oxygen atoms in total. The van der Waals surface area contributed by atoms with Crippen LogP contribution in [0.3, 0.4) is 0 Å². The largest absolute Gasteiger partial charge is 0.495 e. The van der Waals surface area contributed by atoms with Crippen LogP contribution in [-0.4, -0.2) is 79.9 Å². The van der Waals surface area contributed by atoms with E-state index in [4.69, 9.17) is 9.47 Å². The average molecular weight is 407 g/mol. The van der Waals surface area contributed by atoms with Crippen molar-refractivity contribution in [3.05, 3.63) is 36.7 Å². The van der Waals surface area contributed by atoms with Gasteiger partial charge in [-0.2, -0.15) is 9.40 Å². The first-order chi connectivity index (χ1) is 13.4. The van der Waals surface area contributed by atoms with Crippen LogP contribution in [0, 0.1) is 0 Å². The lowest BCUT2D eigenvalue weighted by molar-refractivity contribution is -0.124. The molecule has 1 aromatic heterocycles. The molecule has 0 unspecified atom stereocenters. The van der Waals surface area contributed by atoms with Crippen LogP contribution in [0.2, 0.25) is 0 Å². The molecule has 152 valence electrons.